The fourth-order valence-corrected chi connectivity index (χ4v) is 5.18. The number of rotatable bonds is 9. The topological polar surface area (TPSA) is 77.8 Å². The molecule has 2 aliphatic rings. The smallest absolute Gasteiger partial charge is 0.421 e. The van der Waals surface area contributed by atoms with Crippen molar-refractivity contribution in [2.24, 2.45) is 17.8 Å². The summed E-state index contributed by atoms with van der Waals surface area (Å²) >= 11 is 0. The van der Waals surface area contributed by atoms with Gasteiger partial charge in [-0.15, -0.1) is 0 Å². The lowest BCUT2D eigenvalue weighted by Gasteiger charge is -2.23. The van der Waals surface area contributed by atoms with E-state index in [1.165, 1.54) is 11.1 Å². The zero-order valence-corrected chi connectivity index (χ0v) is 23.9. The van der Waals surface area contributed by atoms with Crippen molar-refractivity contribution in [2.45, 2.75) is 86.4 Å². The van der Waals surface area contributed by atoms with Gasteiger partial charge in [-0.3, -0.25) is 14.2 Å². The third kappa shape index (κ3) is 7.27. The van der Waals surface area contributed by atoms with Crippen LogP contribution in [0.5, 0.6) is 0 Å². The number of fused-ring (bicyclic) bond motifs is 2. The van der Waals surface area contributed by atoms with E-state index in [4.69, 9.17) is 9.47 Å². The van der Waals surface area contributed by atoms with Crippen LogP contribution in [0, 0.1) is 17.8 Å². The van der Waals surface area contributed by atoms with Gasteiger partial charge in [-0.2, -0.15) is 0 Å². The summed E-state index contributed by atoms with van der Waals surface area (Å²) in [7, 11) is 0. The van der Waals surface area contributed by atoms with E-state index in [9.17, 15) is 14.4 Å². The van der Waals surface area contributed by atoms with Crippen molar-refractivity contribution in [3.05, 3.63) is 52.9 Å². The molecule has 0 fully saturated rings. The Morgan fingerprint density at radius 1 is 1.11 bits per heavy atom. The van der Waals surface area contributed by atoms with E-state index in [0.29, 0.717) is 0 Å². The molecule has 0 aliphatic heterocycles. The first-order valence-electron chi connectivity index (χ1n) is 14.1. The molecule has 2 unspecified atom stereocenters. The minimum Gasteiger partial charge on any atom is -0.425 e. The molecule has 2 aliphatic carbocycles. The number of aromatic nitrogens is 1. The first-order valence-corrected chi connectivity index (χ1v) is 14.1. The second kappa shape index (κ2) is 13.6. The number of carbonyl (C=O) groups is 3. The number of allylic oxidation sites excluding steroid dienone is 4. The van der Waals surface area contributed by atoms with E-state index in [0.717, 1.165) is 62.9 Å². The van der Waals surface area contributed by atoms with E-state index in [-0.39, 0.29) is 23.7 Å². The summed E-state index contributed by atoms with van der Waals surface area (Å²) in [6.45, 7) is 12.7. The molecule has 0 saturated carbocycles. The van der Waals surface area contributed by atoms with Crippen molar-refractivity contribution in [1.82, 2.24) is 9.47 Å². The Balaban J connectivity index is 1.77. The molecule has 0 radical (unpaired) electrons. The molecule has 1 aromatic rings. The van der Waals surface area contributed by atoms with E-state index in [2.05, 4.69) is 25.2 Å². The molecule has 3 rings (SSSR count). The third-order valence-corrected chi connectivity index (χ3v) is 7.33. The zero-order chi connectivity index (χ0) is 27.8. The largest absolute Gasteiger partial charge is 0.425 e. The third-order valence-electron chi connectivity index (χ3n) is 7.33. The van der Waals surface area contributed by atoms with Crippen molar-refractivity contribution in [3.63, 3.8) is 0 Å². The molecule has 3 atom stereocenters. The summed E-state index contributed by atoms with van der Waals surface area (Å²) < 4.78 is 12.2. The average molecular weight is 525 g/mol. The van der Waals surface area contributed by atoms with Crippen LogP contribution in [0.4, 0.5) is 4.79 Å². The van der Waals surface area contributed by atoms with Gasteiger partial charge < -0.3 is 14.4 Å². The van der Waals surface area contributed by atoms with Gasteiger partial charge in [0.2, 0.25) is 12.2 Å². The number of ether oxygens (including phenoxy) is 2. The molecule has 7 heteroatoms. The van der Waals surface area contributed by atoms with E-state index >= 15 is 0 Å². The van der Waals surface area contributed by atoms with Gasteiger partial charge in [0.25, 0.3) is 0 Å². The van der Waals surface area contributed by atoms with Crippen LogP contribution in [0.2, 0.25) is 0 Å². The highest BCUT2D eigenvalue weighted by Crippen LogP contribution is 2.33. The SMILES string of the molecule is CCCN(CC)C(=O)[C@@H](C)C=CC1CCCc2cn(C(=O)OC(C)OC(=O)C(C)C)c3c2CC/C1=C\C=C/3. The normalized spacial score (nSPS) is 20.8. The van der Waals surface area contributed by atoms with Gasteiger partial charge >= 0.3 is 12.1 Å². The maximum Gasteiger partial charge on any atom is 0.421 e. The number of nitrogens with zero attached hydrogens (tertiary/aromatic N) is 2. The van der Waals surface area contributed by atoms with Crippen LogP contribution in [0.1, 0.15) is 84.0 Å². The van der Waals surface area contributed by atoms with Crippen LogP contribution in [0.3, 0.4) is 0 Å². The molecule has 1 amide bonds. The minimum atomic E-state index is -0.963. The number of aryl methyl sites for hydroxylation is 1. The molecule has 1 heterocycles. The molecule has 208 valence electrons. The summed E-state index contributed by atoms with van der Waals surface area (Å²) in [5.41, 5.74) is 4.50. The standard InChI is InChI=1S/C31H44N2O5/c1-7-19-32(8-2)29(34)22(5)15-16-24-11-9-13-26-20-33(28-14-10-12-25(24)17-18-27(26)28)31(36)38-23(6)37-30(35)21(3)4/h10,12,14-16,20-24H,7-9,11,13,17-19H2,1-6H3/b14-10-,16-15?,25-12+/t22-,23?,24?/m0/s1. The highest BCUT2D eigenvalue weighted by atomic mass is 16.7. The fourth-order valence-electron chi connectivity index (χ4n) is 5.18. The zero-order valence-electron chi connectivity index (χ0n) is 23.9. The van der Waals surface area contributed by atoms with Crippen LogP contribution in [-0.4, -0.2) is 46.8 Å². The second-order valence-corrected chi connectivity index (χ2v) is 10.6. The molecule has 1 aromatic heterocycles. The predicted molar refractivity (Wildman–Crippen MR) is 149 cm³/mol. The van der Waals surface area contributed by atoms with Crippen LogP contribution in [0.15, 0.2) is 36.1 Å². The van der Waals surface area contributed by atoms with E-state index < -0.39 is 18.4 Å². The Kier molecular flexibility index (Phi) is 10.6. The van der Waals surface area contributed by atoms with Gasteiger partial charge in [0, 0.05) is 26.2 Å². The number of hydrogen-bond donors (Lipinski definition) is 0. The van der Waals surface area contributed by atoms with Gasteiger partial charge in [-0.25, -0.2) is 4.79 Å². The van der Waals surface area contributed by atoms with Gasteiger partial charge in [0.1, 0.15) is 0 Å². The van der Waals surface area contributed by atoms with Gasteiger partial charge in [-0.1, -0.05) is 57.6 Å². The Morgan fingerprint density at radius 3 is 2.55 bits per heavy atom. The van der Waals surface area contributed by atoms with E-state index in [1.807, 2.05) is 37.1 Å². The highest BCUT2D eigenvalue weighted by Gasteiger charge is 2.25. The molecule has 0 spiro atoms. The summed E-state index contributed by atoms with van der Waals surface area (Å²) in [5.74, 6) is -0.361. The maximum atomic E-state index is 13.0. The molecule has 7 nitrogen and oxygen atoms in total. The van der Waals surface area contributed by atoms with E-state index in [1.54, 1.807) is 25.3 Å². The molecule has 38 heavy (non-hydrogen) atoms. The van der Waals surface area contributed by atoms with Gasteiger partial charge in [0.05, 0.1) is 17.5 Å². The number of hydrogen-bond acceptors (Lipinski definition) is 5. The van der Waals surface area contributed by atoms with Crippen LogP contribution < -0.4 is 0 Å². The van der Waals surface area contributed by atoms with Crippen LogP contribution >= 0.6 is 0 Å². The first kappa shape index (κ1) is 29.5. The lowest BCUT2D eigenvalue weighted by atomic mass is 9.88. The monoisotopic (exact) mass is 524 g/mol. The molecule has 0 saturated heterocycles. The number of amides is 1. The summed E-state index contributed by atoms with van der Waals surface area (Å²) in [5, 5.41) is 0. The highest BCUT2D eigenvalue weighted by molar-refractivity contribution is 5.80. The molecule has 0 N–H and O–H groups in total. The summed E-state index contributed by atoms with van der Waals surface area (Å²) in [6.07, 6.45) is 16.3. The lowest BCUT2D eigenvalue weighted by Crippen LogP contribution is -2.35. The Hall–Kier alpha value is -3.09. The van der Waals surface area contributed by atoms with Gasteiger partial charge in [0.15, 0.2) is 0 Å². The van der Waals surface area contributed by atoms with Crippen molar-refractivity contribution >= 4 is 24.0 Å². The second-order valence-electron chi connectivity index (χ2n) is 10.6. The predicted octanol–water partition coefficient (Wildman–Crippen LogP) is 6.31. The molecule has 0 aromatic carbocycles. The summed E-state index contributed by atoms with van der Waals surface area (Å²) in [4.78, 5) is 39.7. The lowest BCUT2D eigenvalue weighted by molar-refractivity contribution is -0.168. The molecular weight excluding hydrogens is 480 g/mol. The first-order chi connectivity index (χ1) is 18.2. The van der Waals surface area contributed by atoms with Crippen LogP contribution in [0.25, 0.3) is 6.08 Å². The fraction of sp³-hybridized carbons (Fsp3) is 0.581. The van der Waals surface area contributed by atoms with Gasteiger partial charge in [-0.05, 0) is 68.6 Å². The Bertz CT molecular complexity index is 1090. The molecule has 2 bridgehead atoms. The Labute approximate surface area is 227 Å². The minimum absolute atomic E-state index is 0.142. The number of carbonyl (C=O) groups excluding carboxylic acids is 3. The maximum absolute atomic E-state index is 13.0. The Morgan fingerprint density at radius 2 is 1.87 bits per heavy atom. The quantitative estimate of drug-likeness (QED) is 0.215. The molecular formula is C31H44N2O5. The van der Waals surface area contributed by atoms with Crippen molar-refractivity contribution in [2.75, 3.05) is 13.1 Å². The number of esters is 1. The average Bonchev–Trinajstić information content (AvgIpc) is 3.21. The van der Waals surface area contributed by atoms with Crippen LogP contribution in [-0.2, 0) is 31.9 Å². The van der Waals surface area contributed by atoms with Crippen molar-refractivity contribution in [3.8, 4) is 0 Å². The summed E-state index contributed by atoms with van der Waals surface area (Å²) in [6, 6.07) is 0. The van der Waals surface area contributed by atoms with Crippen molar-refractivity contribution in [1.29, 1.82) is 0 Å². The van der Waals surface area contributed by atoms with Crippen molar-refractivity contribution < 1.29 is 23.9 Å².